The number of halogens is 4. The van der Waals surface area contributed by atoms with E-state index in [1.54, 1.807) is 19.1 Å². The van der Waals surface area contributed by atoms with Crippen molar-refractivity contribution in [1.82, 2.24) is 4.72 Å². The Morgan fingerprint density at radius 1 is 1.12 bits per heavy atom. The van der Waals surface area contributed by atoms with Gasteiger partial charge in [0, 0.05) is 12.1 Å². The summed E-state index contributed by atoms with van der Waals surface area (Å²) in [5.74, 6) is -0.469. The Morgan fingerprint density at radius 2 is 1.79 bits per heavy atom. The quantitative estimate of drug-likeness (QED) is 0.853. The van der Waals surface area contributed by atoms with E-state index in [4.69, 9.17) is 11.6 Å². The third kappa shape index (κ3) is 4.62. The van der Waals surface area contributed by atoms with Gasteiger partial charge in [-0.2, -0.15) is 0 Å². The van der Waals surface area contributed by atoms with Crippen LogP contribution in [0.3, 0.4) is 0 Å². The molecule has 0 radical (unpaired) electrons. The summed E-state index contributed by atoms with van der Waals surface area (Å²) in [5, 5.41) is 0.0299. The number of nitrogens with one attached hydrogen (secondary N) is 1. The maximum Gasteiger partial charge on any atom is 0.573 e. The third-order valence-corrected chi connectivity index (χ3v) is 5.11. The Morgan fingerprint density at radius 3 is 2.42 bits per heavy atom. The summed E-state index contributed by atoms with van der Waals surface area (Å²) >= 11 is 5.92. The lowest BCUT2D eigenvalue weighted by Crippen LogP contribution is -2.25. The van der Waals surface area contributed by atoms with Crippen LogP contribution in [-0.4, -0.2) is 14.8 Å². The van der Waals surface area contributed by atoms with Crippen LogP contribution < -0.4 is 9.46 Å². The van der Waals surface area contributed by atoms with E-state index in [0.717, 1.165) is 6.07 Å². The molecule has 0 aliphatic rings. The Balaban J connectivity index is 2.25. The van der Waals surface area contributed by atoms with Crippen molar-refractivity contribution in [1.29, 1.82) is 0 Å². The molecule has 0 saturated carbocycles. The topological polar surface area (TPSA) is 55.4 Å². The van der Waals surface area contributed by atoms with E-state index in [1.165, 1.54) is 24.3 Å². The van der Waals surface area contributed by atoms with Gasteiger partial charge in [-0.25, -0.2) is 13.1 Å². The lowest BCUT2D eigenvalue weighted by molar-refractivity contribution is -0.274. The molecule has 130 valence electrons. The van der Waals surface area contributed by atoms with E-state index in [0.29, 0.717) is 5.56 Å². The van der Waals surface area contributed by atoms with Crippen molar-refractivity contribution in [3.05, 3.63) is 58.6 Å². The number of sulfonamides is 1. The molecule has 4 nitrogen and oxygen atoms in total. The molecule has 0 heterocycles. The zero-order valence-electron chi connectivity index (χ0n) is 12.4. The van der Waals surface area contributed by atoms with Crippen LogP contribution in [0.5, 0.6) is 5.75 Å². The lowest BCUT2D eigenvalue weighted by Gasteiger charge is -2.14. The van der Waals surface area contributed by atoms with Crippen LogP contribution in [0.1, 0.15) is 11.1 Å². The minimum atomic E-state index is -4.87. The molecule has 1 N–H and O–H groups in total. The van der Waals surface area contributed by atoms with Crippen molar-refractivity contribution in [3.63, 3.8) is 0 Å². The molecule has 0 atom stereocenters. The first-order valence-corrected chi connectivity index (χ1v) is 8.55. The largest absolute Gasteiger partial charge is 0.573 e. The van der Waals surface area contributed by atoms with Gasteiger partial charge in [0.1, 0.15) is 10.6 Å². The average Bonchev–Trinajstić information content (AvgIpc) is 2.44. The van der Waals surface area contributed by atoms with Crippen molar-refractivity contribution in [2.75, 3.05) is 0 Å². The minimum Gasteiger partial charge on any atom is -0.405 e. The molecule has 0 saturated heterocycles. The first-order chi connectivity index (χ1) is 11.1. The van der Waals surface area contributed by atoms with Gasteiger partial charge >= 0.3 is 6.36 Å². The number of ether oxygens (including phenoxy) is 1. The highest BCUT2D eigenvalue weighted by Crippen LogP contribution is 2.28. The van der Waals surface area contributed by atoms with E-state index >= 15 is 0 Å². The molecule has 0 amide bonds. The van der Waals surface area contributed by atoms with Gasteiger partial charge in [-0.3, -0.25) is 0 Å². The zero-order valence-corrected chi connectivity index (χ0v) is 14.0. The van der Waals surface area contributed by atoms with Gasteiger partial charge in [0.05, 0.1) is 5.02 Å². The number of benzene rings is 2. The van der Waals surface area contributed by atoms with Crippen molar-refractivity contribution in [3.8, 4) is 5.75 Å². The van der Waals surface area contributed by atoms with Crippen molar-refractivity contribution in [2.45, 2.75) is 24.7 Å². The van der Waals surface area contributed by atoms with E-state index in [-0.39, 0.29) is 22.0 Å². The van der Waals surface area contributed by atoms with Crippen LogP contribution in [0.25, 0.3) is 0 Å². The van der Waals surface area contributed by atoms with Gasteiger partial charge in [-0.1, -0.05) is 41.9 Å². The Hall–Kier alpha value is -1.77. The van der Waals surface area contributed by atoms with Crippen LogP contribution >= 0.6 is 11.6 Å². The first-order valence-electron chi connectivity index (χ1n) is 6.68. The fraction of sp³-hybridized carbons (Fsp3) is 0.200. The zero-order chi connectivity index (χ0) is 18.0. The molecule has 0 aliphatic carbocycles. The molecule has 0 unspecified atom stereocenters. The molecule has 24 heavy (non-hydrogen) atoms. The number of aryl methyl sites for hydroxylation is 1. The maximum absolute atomic E-state index is 12.4. The van der Waals surface area contributed by atoms with Gasteiger partial charge in [-0.15, -0.1) is 13.2 Å². The Kier molecular flexibility index (Phi) is 5.42. The molecule has 0 spiro atoms. The molecule has 0 aliphatic heterocycles. The summed E-state index contributed by atoms with van der Waals surface area (Å²) in [6, 6.07) is 9.87. The molecule has 0 fully saturated rings. The van der Waals surface area contributed by atoms with Gasteiger partial charge < -0.3 is 4.74 Å². The summed E-state index contributed by atoms with van der Waals surface area (Å²) in [6.07, 6.45) is -4.87. The Labute approximate surface area is 142 Å². The maximum atomic E-state index is 12.4. The fourth-order valence-corrected chi connectivity index (χ4v) is 3.91. The Bertz CT molecular complexity index is 818. The molecule has 2 aromatic rings. The van der Waals surface area contributed by atoms with Gasteiger partial charge in [0.15, 0.2) is 0 Å². The van der Waals surface area contributed by atoms with Crippen molar-refractivity contribution < 1.29 is 26.3 Å². The number of alkyl halides is 3. The van der Waals surface area contributed by atoms with Crippen LogP contribution in [0.4, 0.5) is 13.2 Å². The van der Waals surface area contributed by atoms with E-state index < -0.39 is 22.1 Å². The first kappa shape index (κ1) is 18.6. The van der Waals surface area contributed by atoms with Crippen LogP contribution in [0, 0.1) is 6.92 Å². The molecular formula is C15H13ClF3NO3S. The standard InChI is InChI=1S/C15H13ClF3NO3S/c1-10-5-4-7-12(16)14(10)24(21,22)20-9-11-6-2-3-8-13(11)23-15(17,18)19/h2-8,20H,9H2,1H3. The second-order valence-corrected chi connectivity index (χ2v) is 6.98. The second kappa shape index (κ2) is 7.00. The third-order valence-electron chi connectivity index (χ3n) is 3.08. The smallest absolute Gasteiger partial charge is 0.405 e. The SMILES string of the molecule is Cc1cccc(Cl)c1S(=O)(=O)NCc1ccccc1OC(F)(F)F. The molecule has 0 aromatic heterocycles. The highest BCUT2D eigenvalue weighted by atomic mass is 35.5. The minimum absolute atomic E-state index is 0.0299. The fourth-order valence-electron chi connectivity index (χ4n) is 2.08. The average molecular weight is 380 g/mol. The number of rotatable bonds is 5. The summed E-state index contributed by atoms with van der Waals surface area (Å²) in [5.41, 5.74) is 0.470. The number of hydrogen-bond donors (Lipinski definition) is 1. The molecule has 0 bridgehead atoms. The molecule has 2 rings (SSSR count). The monoisotopic (exact) mass is 379 g/mol. The molecule has 2 aromatic carbocycles. The van der Waals surface area contributed by atoms with Gasteiger partial charge in [0.25, 0.3) is 0 Å². The molecular weight excluding hydrogens is 367 g/mol. The number of hydrogen-bond acceptors (Lipinski definition) is 3. The number of para-hydroxylation sites is 1. The lowest BCUT2D eigenvalue weighted by atomic mass is 10.2. The van der Waals surface area contributed by atoms with Crippen LogP contribution in [0.2, 0.25) is 5.02 Å². The second-order valence-electron chi connectivity index (χ2n) is 4.87. The van der Waals surface area contributed by atoms with Gasteiger partial charge in [0.2, 0.25) is 10.0 Å². The molecule has 9 heteroatoms. The van der Waals surface area contributed by atoms with Crippen LogP contribution in [-0.2, 0) is 16.6 Å². The summed E-state index contributed by atoms with van der Waals surface area (Å²) in [4.78, 5) is -0.110. The van der Waals surface area contributed by atoms with Crippen molar-refractivity contribution in [2.24, 2.45) is 0 Å². The normalized spacial score (nSPS) is 12.2. The van der Waals surface area contributed by atoms with Gasteiger partial charge in [-0.05, 0) is 24.6 Å². The highest BCUT2D eigenvalue weighted by Gasteiger charge is 2.32. The summed E-state index contributed by atoms with van der Waals surface area (Å²) in [6.45, 7) is 1.19. The van der Waals surface area contributed by atoms with E-state index in [9.17, 15) is 21.6 Å². The predicted molar refractivity (Wildman–Crippen MR) is 83.3 cm³/mol. The predicted octanol–water partition coefficient (Wildman–Crippen LogP) is 4.03. The summed E-state index contributed by atoms with van der Waals surface area (Å²) in [7, 11) is -4.00. The van der Waals surface area contributed by atoms with Crippen LogP contribution in [0.15, 0.2) is 47.4 Å². The van der Waals surface area contributed by atoms with Crippen molar-refractivity contribution >= 4 is 21.6 Å². The van der Waals surface area contributed by atoms with E-state index in [1.807, 2.05) is 0 Å². The van der Waals surface area contributed by atoms with E-state index in [2.05, 4.69) is 9.46 Å². The highest BCUT2D eigenvalue weighted by molar-refractivity contribution is 7.89. The summed E-state index contributed by atoms with van der Waals surface area (Å²) < 4.78 is 68.1.